The molecule has 5 rings (SSSR count). The monoisotopic (exact) mass is 452 g/mol. The van der Waals surface area contributed by atoms with Crippen LogP contribution in [0.1, 0.15) is 18.4 Å². The van der Waals surface area contributed by atoms with Crippen molar-refractivity contribution in [2.45, 2.75) is 36.4 Å². The smallest absolute Gasteiger partial charge is 0.262 e. The summed E-state index contributed by atoms with van der Waals surface area (Å²) in [6.45, 7) is 1.27. The molecule has 3 heterocycles. The van der Waals surface area contributed by atoms with Crippen molar-refractivity contribution in [3.8, 4) is 5.69 Å². The fraction of sp³-hybridized carbons (Fsp3) is 0.261. The quantitative estimate of drug-likeness (QED) is 0.313. The average molecular weight is 453 g/mol. The lowest BCUT2D eigenvalue weighted by Gasteiger charge is -2.16. The van der Waals surface area contributed by atoms with E-state index >= 15 is 0 Å². The molecule has 2 aromatic carbocycles. The molecule has 0 amide bonds. The van der Waals surface area contributed by atoms with E-state index in [1.165, 1.54) is 0 Å². The van der Waals surface area contributed by atoms with Crippen molar-refractivity contribution >= 4 is 34.3 Å². The fourth-order valence-corrected chi connectivity index (χ4v) is 4.88. The average Bonchev–Trinajstić information content (AvgIpc) is 3.49. The summed E-state index contributed by atoms with van der Waals surface area (Å²) < 4.78 is 9.37. The Hall–Kier alpha value is -2.61. The zero-order valence-corrected chi connectivity index (χ0v) is 18.4. The first-order chi connectivity index (χ1) is 15.2. The zero-order valence-electron chi connectivity index (χ0n) is 16.8. The van der Waals surface area contributed by atoms with Crippen LogP contribution in [-0.4, -0.2) is 32.0 Å². The third kappa shape index (κ3) is 4.39. The maximum absolute atomic E-state index is 13.2. The summed E-state index contributed by atoms with van der Waals surface area (Å²) in [5, 5.41) is 6.09. The number of nitrogens with zero attached hydrogens (tertiary/aromatic N) is 4. The summed E-state index contributed by atoms with van der Waals surface area (Å²) in [5.41, 5.74) is 2.73. The van der Waals surface area contributed by atoms with Crippen molar-refractivity contribution in [3.05, 3.63) is 81.9 Å². The number of aromatic nitrogens is 4. The number of ether oxygens (including phenoxy) is 1. The lowest BCUT2D eigenvalue weighted by Crippen LogP contribution is -2.28. The van der Waals surface area contributed by atoms with E-state index in [0.29, 0.717) is 33.4 Å². The first-order valence-corrected chi connectivity index (χ1v) is 11.6. The Labute approximate surface area is 188 Å². The summed E-state index contributed by atoms with van der Waals surface area (Å²) in [4.78, 5) is 18.0. The van der Waals surface area contributed by atoms with Crippen LogP contribution < -0.4 is 5.56 Å². The van der Waals surface area contributed by atoms with Crippen molar-refractivity contribution < 1.29 is 4.74 Å². The van der Waals surface area contributed by atoms with Crippen LogP contribution in [0.3, 0.4) is 0 Å². The Bertz CT molecular complexity index is 1250. The van der Waals surface area contributed by atoms with Crippen LogP contribution in [0.15, 0.2) is 70.9 Å². The molecule has 1 unspecified atom stereocenters. The standard InChI is InChI=1S/C23H21ClN4O2S/c24-17-6-9-20-21(13-17)26-23(27(22(20)29)14-19-3-1-12-30-19)31-15-16-4-7-18(8-5-16)28-11-2-10-25-28/h2,4-11,13,19H,1,3,12,14-15H2. The molecule has 1 fully saturated rings. The predicted octanol–water partition coefficient (Wildman–Crippen LogP) is 4.71. The molecule has 158 valence electrons. The number of fused-ring (bicyclic) bond motifs is 1. The van der Waals surface area contributed by atoms with Gasteiger partial charge in [-0.3, -0.25) is 9.36 Å². The SMILES string of the molecule is O=c1c2ccc(Cl)cc2nc(SCc2ccc(-n3cccn3)cc2)n1CC1CCCO1. The molecule has 0 N–H and O–H groups in total. The van der Waals surface area contributed by atoms with Gasteiger partial charge in [0.25, 0.3) is 5.56 Å². The van der Waals surface area contributed by atoms with Crippen molar-refractivity contribution in [1.29, 1.82) is 0 Å². The molecule has 0 spiro atoms. The lowest BCUT2D eigenvalue weighted by molar-refractivity contribution is 0.0937. The highest BCUT2D eigenvalue weighted by Crippen LogP contribution is 2.25. The molecule has 1 atom stereocenters. The van der Waals surface area contributed by atoms with Crippen LogP contribution in [-0.2, 0) is 17.0 Å². The highest BCUT2D eigenvalue weighted by Gasteiger charge is 2.20. The summed E-state index contributed by atoms with van der Waals surface area (Å²) in [6, 6.07) is 15.4. The topological polar surface area (TPSA) is 61.9 Å². The Kier molecular flexibility index (Phi) is 5.80. The molecule has 0 radical (unpaired) electrons. The van der Waals surface area contributed by atoms with Gasteiger partial charge in [0.1, 0.15) is 0 Å². The zero-order chi connectivity index (χ0) is 21.2. The maximum Gasteiger partial charge on any atom is 0.262 e. The number of thioether (sulfide) groups is 1. The van der Waals surface area contributed by atoms with E-state index < -0.39 is 0 Å². The van der Waals surface area contributed by atoms with Crippen LogP contribution in [0.5, 0.6) is 0 Å². The molecule has 0 bridgehead atoms. The highest BCUT2D eigenvalue weighted by atomic mass is 35.5. The molecule has 1 aliphatic heterocycles. The second-order valence-corrected chi connectivity index (χ2v) is 8.89. The molecule has 8 heteroatoms. The molecule has 1 aliphatic rings. The van der Waals surface area contributed by atoms with Gasteiger partial charge in [0.2, 0.25) is 0 Å². The molecular weight excluding hydrogens is 432 g/mol. The van der Waals surface area contributed by atoms with Gasteiger partial charge >= 0.3 is 0 Å². The molecule has 0 saturated carbocycles. The summed E-state index contributed by atoms with van der Waals surface area (Å²) in [7, 11) is 0. The molecule has 1 saturated heterocycles. The highest BCUT2D eigenvalue weighted by molar-refractivity contribution is 7.98. The third-order valence-corrected chi connectivity index (χ3v) is 6.65. The van der Waals surface area contributed by atoms with Crippen LogP contribution in [0.25, 0.3) is 16.6 Å². The van der Waals surface area contributed by atoms with Crippen LogP contribution >= 0.6 is 23.4 Å². The molecule has 0 aliphatic carbocycles. The Morgan fingerprint density at radius 3 is 2.81 bits per heavy atom. The largest absolute Gasteiger partial charge is 0.376 e. The van der Waals surface area contributed by atoms with Crippen LogP contribution in [0, 0.1) is 0 Å². The Morgan fingerprint density at radius 2 is 2.06 bits per heavy atom. The number of hydrogen-bond donors (Lipinski definition) is 0. The Balaban J connectivity index is 1.43. The lowest BCUT2D eigenvalue weighted by atomic mass is 10.2. The second-order valence-electron chi connectivity index (χ2n) is 7.51. The summed E-state index contributed by atoms with van der Waals surface area (Å²) >= 11 is 7.70. The van der Waals surface area contributed by atoms with E-state index in [9.17, 15) is 4.79 Å². The van der Waals surface area contributed by atoms with Crippen molar-refractivity contribution in [2.75, 3.05) is 6.61 Å². The van der Waals surface area contributed by atoms with E-state index in [0.717, 1.165) is 30.7 Å². The molecule has 4 aromatic rings. The van der Waals surface area contributed by atoms with Gasteiger partial charge in [-0.2, -0.15) is 5.10 Å². The first-order valence-electron chi connectivity index (χ1n) is 10.2. The second kappa shape index (κ2) is 8.86. The number of benzene rings is 2. The maximum atomic E-state index is 13.2. The van der Waals surface area contributed by atoms with Gasteiger partial charge in [0, 0.05) is 29.8 Å². The van der Waals surface area contributed by atoms with Gasteiger partial charge in [-0.05, 0) is 54.8 Å². The van der Waals surface area contributed by atoms with Gasteiger partial charge < -0.3 is 4.74 Å². The molecule has 6 nitrogen and oxygen atoms in total. The predicted molar refractivity (Wildman–Crippen MR) is 123 cm³/mol. The van der Waals surface area contributed by atoms with Crippen molar-refractivity contribution in [3.63, 3.8) is 0 Å². The van der Waals surface area contributed by atoms with Crippen molar-refractivity contribution in [2.24, 2.45) is 0 Å². The summed E-state index contributed by atoms with van der Waals surface area (Å²) in [5.74, 6) is 0.698. The van der Waals surface area contributed by atoms with E-state index in [4.69, 9.17) is 21.3 Å². The minimum absolute atomic E-state index is 0.0475. The molecular formula is C23H21ClN4O2S. The van der Waals surface area contributed by atoms with Crippen molar-refractivity contribution in [1.82, 2.24) is 19.3 Å². The number of hydrogen-bond acceptors (Lipinski definition) is 5. The first kappa shape index (κ1) is 20.3. The van der Waals surface area contributed by atoms with Gasteiger partial charge in [0.05, 0.1) is 29.2 Å². The normalized spacial score (nSPS) is 16.2. The third-order valence-electron chi connectivity index (χ3n) is 5.37. The number of rotatable bonds is 6. The fourth-order valence-electron chi connectivity index (χ4n) is 3.75. The minimum Gasteiger partial charge on any atom is -0.376 e. The Morgan fingerprint density at radius 1 is 1.19 bits per heavy atom. The summed E-state index contributed by atoms with van der Waals surface area (Å²) in [6.07, 6.45) is 5.72. The number of halogens is 1. The van der Waals surface area contributed by atoms with E-state index in [1.807, 2.05) is 29.1 Å². The van der Waals surface area contributed by atoms with Gasteiger partial charge in [-0.15, -0.1) is 0 Å². The molecule has 2 aromatic heterocycles. The van der Waals surface area contributed by atoms with E-state index in [2.05, 4.69) is 17.2 Å². The van der Waals surface area contributed by atoms with E-state index in [-0.39, 0.29) is 11.7 Å². The van der Waals surface area contributed by atoms with E-state index in [1.54, 1.807) is 40.7 Å². The van der Waals surface area contributed by atoms with Gasteiger partial charge in [-0.1, -0.05) is 35.5 Å². The van der Waals surface area contributed by atoms with Gasteiger partial charge in [-0.25, -0.2) is 9.67 Å². The van der Waals surface area contributed by atoms with Crippen LogP contribution in [0.2, 0.25) is 5.02 Å². The van der Waals surface area contributed by atoms with Gasteiger partial charge in [0.15, 0.2) is 5.16 Å². The van der Waals surface area contributed by atoms with Crippen LogP contribution in [0.4, 0.5) is 0 Å². The minimum atomic E-state index is -0.0475. The molecule has 31 heavy (non-hydrogen) atoms.